The zero-order valence-corrected chi connectivity index (χ0v) is 18.7. The highest BCUT2D eigenvalue weighted by Gasteiger charge is 2.68. The van der Waals surface area contributed by atoms with Crippen LogP contribution < -0.4 is 5.32 Å². The van der Waals surface area contributed by atoms with Gasteiger partial charge in [0.2, 0.25) is 11.8 Å². The number of hydrogen-bond donors (Lipinski definition) is 2. The van der Waals surface area contributed by atoms with Crippen LogP contribution in [0, 0.1) is 0 Å². The lowest BCUT2D eigenvalue weighted by Gasteiger charge is -2.50. The van der Waals surface area contributed by atoms with Crippen LogP contribution >= 0.6 is 23.4 Å². The lowest BCUT2D eigenvalue weighted by Crippen LogP contribution is -2.73. The molecule has 0 bridgehead atoms. The van der Waals surface area contributed by atoms with Gasteiger partial charge in [-0.2, -0.15) is 0 Å². The summed E-state index contributed by atoms with van der Waals surface area (Å²) >= 11 is 7.04. The molecule has 3 heterocycles. The third kappa shape index (κ3) is 3.06. The van der Waals surface area contributed by atoms with Crippen LogP contribution in [0.3, 0.4) is 0 Å². The maximum atomic E-state index is 13.4. The van der Waals surface area contributed by atoms with Gasteiger partial charge in [-0.15, -0.1) is 11.8 Å². The van der Waals surface area contributed by atoms with Gasteiger partial charge in [-0.3, -0.25) is 14.9 Å². The number of alkyl halides is 1. The zero-order valence-electron chi connectivity index (χ0n) is 17.1. The second kappa shape index (κ2) is 7.03. The molecule has 2 unspecified atom stereocenters. The first-order valence-electron chi connectivity index (χ1n) is 9.62. The van der Waals surface area contributed by atoms with E-state index in [4.69, 9.17) is 16.3 Å². The van der Waals surface area contributed by atoms with Gasteiger partial charge in [0.15, 0.2) is 6.07 Å². The number of amides is 2. The minimum Gasteiger partial charge on any atom is -0.508 e. The van der Waals surface area contributed by atoms with Gasteiger partial charge < -0.3 is 19.6 Å². The first kappa shape index (κ1) is 21.3. The van der Waals surface area contributed by atoms with Crippen LogP contribution in [0.15, 0.2) is 24.3 Å². The van der Waals surface area contributed by atoms with Gasteiger partial charge in [0.05, 0.1) is 5.66 Å². The molecule has 0 aromatic heterocycles. The van der Waals surface area contributed by atoms with E-state index in [0.29, 0.717) is 5.56 Å². The molecule has 1 aromatic carbocycles. The number of β-lactam (4-membered cyclic amide) rings is 1. The van der Waals surface area contributed by atoms with Crippen molar-refractivity contribution in [2.24, 2.45) is 0 Å². The highest BCUT2D eigenvalue weighted by atomic mass is 35.5. The van der Waals surface area contributed by atoms with E-state index in [1.54, 1.807) is 17.0 Å². The summed E-state index contributed by atoms with van der Waals surface area (Å²) in [6, 6.07) is 4.09. The molecule has 3 fully saturated rings. The van der Waals surface area contributed by atoms with Crippen LogP contribution in [0.2, 0.25) is 0 Å². The fourth-order valence-electron chi connectivity index (χ4n) is 4.62. The standard InChI is InChI=1S/C20H24ClN3O5S/c1-19(2)14(18(28)29-9-21)23-16(27)13(17(23)30-19)24-15(26)12(22-20(24,3)4)10-5-7-11(25)8-6-10/h5-8,12-14,17,22,25H,9H2,1-4H3/t12?,13?,14-,17+/m0/s1. The summed E-state index contributed by atoms with van der Waals surface area (Å²) in [5, 5.41) is 12.5. The maximum Gasteiger partial charge on any atom is 0.331 e. The number of fused-ring (bicyclic) bond motifs is 1. The van der Waals surface area contributed by atoms with Crippen molar-refractivity contribution in [3.63, 3.8) is 0 Å². The second-order valence-electron chi connectivity index (χ2n) is 8.71. The number of thioether (sulfide) groups is 1. The van der Waals surface area contributed by atoms with Crippen molar-refractivity contribution in [3.8, 4) is 5.75 Å². The molecule has 2 N–H and O–H groups in total. The van der Waals surface area contributed by atoms with Crippen molar-refractivity contribution < 1.29 is 24.2 Å². The van der Waals surface area contributed by atoms with Crippen molar-refractivity contribution in [1.82, 2.24) is 15.1 Å². The van der Waals surface area contributed by atoms with Crippen molar-refractivity contribution in [2.45, 2.75) is 61.6 Å². The molecule has 0 radical (unpaired) electrons. The van der Waals surface area contributed by atoms with E-state index in [2.05, 4.69) is 5.32 Å². The Morgan fingerprint density at radius 1 is 1.20 bits per heavy atom. The van der Waals surface area contributed by atoms with Crippen molar-refractivity contribution in [2.75, 3.05) is 6.07 Å². The summed E-state index contributed by atoms with van der Waals surface area (Å²) in [4.78, 5) is 42.1. The van der Waals surface area contributed by atoms with Gasteiger partial charge in [-0.05, 0) is 45.4 Å². The number of nitrogens with one attached hydrogen (secondary N) is 1. The zero-order chi connectivity index (χ0) is 22.0. The molecule has 0 spiro atoms. The van der Waals surface area contributed by atoms with Gasteiger partial charge in [-0.1, -0.05) is 23.7 Å². The fraction of sp³-hybridized carbons (Fsp3) is 0.550. The van der Waals surface area contributed by atoms with Crippen LogP contribution in [0.25, 0.3) is 0 Å². The number of ether oxygens (including phenoxy) is 1. The number of halogens is 1. The molecule has 10 heteroatoms. The highest BCUT2D eigenvalue weighted by Crippen LogP contribution is 2.54. The lowest BCUT2D eigenvalue weighted by atomic mass is 9.94. The minimum absolute atomic E-state index is 0.115. The SMILES string of the molecule is CC1(C)S[C@@H]2C(N3C(=O)C(c4ccc(O)cc4)NC3(C)C)C(=O)N2[C@H]1C(=O)OCCl. The minimum atomic E-state index is -0.772. The molecule has 1 aromatic rings. The molecule has 2 amide bonds. The van der Waals surface area contributed by atoms with Crippen molar-refractivity contribution >= 4 is 41.1 Å². The fourth-order valence-corrected chi connectivity index (χ4v) is 6.40. The number of phenols is 1. The Morgan fingerprint density at radius 3 is 2.43 bits per heavy atom. The average Bonchev–Trinajstić information content (AvgIpc) is 3.05. The predicted molar refractivity (Wildman–Crippen MR) is 112 cm³/mol. The molecular weight excluding hydrogens is 430 g/mol. The number of carbonyl (C=O) groups is 3. The van der Waals surface area contributed by atoms with Crippen LogP contribution in [0.4, 0.5) is 0 Å². The number of carbonyl (C=O) groups excluding carboxylic acids is 3. The summed E-state index contributed by atoms with van der Waals surface area (Å²) < 4.78 is 4.40. The molecule has 3 saturated heterocycles. The van der Waals surface area contributed by atoms with Gasteiger partial charge in [0.1, 0.15) is 29.2 Å². The Hall–Kier alpha value is -1.97. The van der Waals surface area contributed by atoms with Gasteiger partial charge in [-0.25, -0.2) is 4.79 Å². The number of benzene rings is 1. The number of aromatic hydroxyl groups is 1. The molecule has 8 nitrogen and oxygen atoms in total. The summed E-state index contributed by atoms with van der Waals surface area (Å²) in [5.41, 5.74) is -0.0640. The third-order valence-electron chi connectivity index (χ3n) is 5.92. The molecule has 4 atom stereocenters. The Morgan fingerprint density at radius 2 is 1.83 bits per heavy atom. The highest BCUT2D eigenvalue weighted by molar-refractivity contribution is 8.01. The number of nitrogens with zero attached hydrogens (tertiary/aromatic N) is 2. The molecule has 30 heavy (non-hydrogen) atoms. The van der Waals surface area contributed by atoms with E-state index in [1.807, 2.05) is 27.7 Å². The Kier molecular flexibility index (Phi) is 4.99. The second-order valence-corrected chi connectivity index (χ2v) is 10.7. The molecule has 162 valence electrons. The van der Waals surface area contributed by atoms with Gasteiger partial charge in [0, 0.05) is 4.75 Å². The lowest BCUT2D eigenvalue weighted by molar-refractivity contribution is -0.172. The number of phenolic OH excluding ortho intramolecular Hbond substituents is 1. The Labute approximate surface area is 183 Å². The predicted octanol–water partition coefficient (Wildman–Crippen LogP) is 1.77. The summed E-state index contributed by atoms with van der Waals surface area (Å²) in [6.07, 6.45) is 0. The van der Waals surface area contributed by atoms with E-state index in [9.17, 15) is 19.5 Å². The summed E-state index contributed by atoms with van der Waals surface area (Å²) in [5.74, 6) is -0.911. The molecule has 3 aliphatic rings. The van der Waals surface area contributed by atoms with E-state index in [0.717, 1.165) is 0 Å². The number of hydrogen-bond acceptors (Lipinski definition) is 7. The van der Waals surface area contributed by atoms with E-state index in [-0.39, 0.29) is 29.0 Å². The molecule has 4 rings (SSSR count). The van der Waals surface area contributed by atoms with E-state index in [1.165, 1.54) is 28.8 Å². The maximum absolute atomic E-state index is 13.4. The van der Waals surface area contributed by atoms with Crippen LogP contribution in [-0.2, 0) is 19.1 Å². The van der Waals surface area contributed by atoms with Crippen molar-refractivity contribution in [3.05, 3.63) is 29.8 Å². The third-order valence-corrected chi connectivity index (χ3v) is 7.59. The van der Waals surface area contributed by atoms with Gasteiger partial charge in [0.25, 0.3) is 0 Å². The molecule has 0 aliphatic carbocycles. The van der Waals surface area contributed by atoms with Crippen LogP contribution in [0.5, 0.6) is 5.75 Å². The molecule has 3 aliphatic heterocycles. The van der Waals surface area contributed by atoms with E-state index < -0.39 is 34.5 Å². The normalized spacial score (nSPS) is 31.5. The Balaban J connectivity index is 1.62. The summed E-state index contributed by atoms with van der Waals surface area (Å²) in [7, 11) is 0. The number of esters is 1. The van der Waals surface area contributed by atoms with Crippen molar-refractivity contribution in [1.29, 1.82) is 0 Å². The van der Waals surface area contributed by atoms with Gasteiger partial charge >= 0.3 is 5.97 Å². The molecule has 0 saturated carbocycles. The first-order chi connectivity index (χ1) is 14.0. The van der Waals surface area contributed by atoms with Crippen LogP contribution in [-0.4, -0.2) is 66.6 Å². The number of rotatable bonds is 4. The Bertz CT molecular complexity index is 906. The van der Waals surface area contributed by atoms with E-state index >= 15 is 0 Å². The smallest absolute Gasteiger partial charge is 0.331 e. The largest absolute Gasteiger partial charge is 0.508 e. The average molecular weight is 454 g/mol. The first-order valence-corrected chi connectivity index (χ1v) is 11.0. The summed E-state index contributed by atoms with van der Waals surface area (Å²) in [6.45, 7) is 7.47. The topological polar surface area (TPSA) is 99.2 Å². The van der Waals surface area contributed by atoms with Crippen LogP contribution in [0.1, 0.15) is 39.3 Å². The monoisotopic (exact) mass is 453 g/mol. The quantitative estimate of drug-likeness (QED) is 0.407. The molecular formula is C20H24ClN3O5S.